The molecule has 0 unspecified atom stereocenters. The van der Waals surface area contributed by atoms with Gasteiger partial charge < -0.3 is 14.7 Å². The minimum absolute atomic E-state index is 0. The zero-order valence-corrected chi connectivity index (χ0v) is 18.2. The van der Waals surface area contributed by atoms with Crippen molar-refractivity contribution in [1.29, 1.82) is 0 Å². The van der Waals surface area contributed by atoms with Gasteiger partial charge in [-0.3, -0.25) is 9.69 Å². The Hall–Kier alpha value is -1.38. The third-order valence-corrected chi connectivity index (χ3v) is 4.72. The molecule has 1 aromatic heterocycles. The van der Waals surface area contributed by atoms with Crippen molar-refractivity contribution in [1.82, 2.24) is 25.3 Å². The van der Waals surface area contributed by atoms with Crippen LogP contribution in [0.25, 0.3) is 11.4 Å². The van der Waals surface area contributed by atoms with Crippen molar-refractivity contribution in [3.63, 3.8) is 0 Å². The van der Waals surface area contributed by atoms with E-state index in [1.807, 2.05) is 24.1 Å². The summed E-state index contributed by atoms with van der Waals surface area (Å²) in [7, 11) is 1.90. The fourth-order valence-corrected chi connectivity index (χ4v) is 3.08. The Bertz CT molecular complexity index is 718. The van der Waals surface area contributed by atoms with Crippen LogP contribution in [0.15, 0.2) is 28.8 Å². The van der Waals surface area contributed by atoms with E-state index in [2.05, 4.69) is 20.4 Å². The molecule has 1 amide bonds. The van der Waals surface area contributed by atoms with Crippen molar-refractivity contribution in [2.45, 2.75) is 19.4 Å². The van der Waals surface area contributed by atoms with Crippen LogP contribution in [0.2, 0.25) is 5.02 Å². The number of hydrogen-bond donors (Lipinski definition) is 1. The monoisotopic (exact) mass is 449 g/mol. The lowest BCUT2D eigenvalue weighted by Gasteiger charge is -2.34. The summed E-state index contributed by atoms with van der Waals surface area (Å²) < 4.78 is 5.37. The van der Waals surface area contributed by atoms with Gasteiger partial charge in [0, 0.05) is 43.2 Å². The van der Waals surface area contributed by atoms with Crippen molar-refractivity contribution in [3.05, 3.63) is 35.2 Å². The molecule has 0 atom stereocenters. The standard InChI is InChI=1S/C18H24ClN5O2.2ClH/c1-20-8-2-3-17(25)24-11-9-23(10-12-24)13-16-21-18(22-26-16)14-4-6-15(19)7-5-14;;/h4-7,20H,2-3,8-13H2,1H3;2*1H. The molecule has 28 heavy (non-hydrogen) atoms. The van der Waals surface area contributed by atoms with Gasteiger partial charge in [-0.1, -0.05) is 16.8 Å². The van der Waals surface area contributed by atoms with E-state index >= 15 is 0 Å². The van der Waals surface area contributed by atoms with Crippen molar-refractivity contribution < 1.29 is 9.32 Å². The van der Waals surface area contributed by atoms with Crippen molar-refractivity contribution in [2.75, 3.05) is 39.8 Å². The Labute approximate surface area is 182 Å². The molecule has 10 heteroatoms. The molecule has 0 spiro atoms. The van der Waals surface area contributed by atoms with Gasteiger partial charge in [-0.25, -0.2) is 0 Å². The third-order valence-electron chi connectivity index (χ3n) is 4.47. The summed E-state index contributed by atoms with van der Waals surface area (Å²) in [5, 5.41) is 7.78. The van der Waals surface area contributed by atoms with Gasteiger partial charge in [0.1, 0.15) is 0 Å². The minimum atomic E-state index is 0. The minimum Gasteiger partial charge on any atom is -0.340 e. The highest BCUT2D eigenvalue weighted by atomic mass is 35.5. The Morgan fingerprint density at radius 3 is 2.50 bits per heavy atom. The third kappa shape index (κ3) is 6.90. The first-order valence-electron chi connectivity index (χ1n) is 8.89. The lowest BCUT2D eigenvalue weighted by Crippen LogP contribution is -2.48. The first kappa shape index (κ1) is 24.7. The van der Waals surface area contributed by atoms with Gasteiger partial charge in [-0.15, -0.1) is 24.8 Å². The van der Waals surface area contributed by atoms with Gasteiger partial charge in [0.05, 0.1) is 6.54 Å². The number of hydrogen-bond acceptors (Lipinski definition) is 6. The molecule has 1 fully saturated rings. The average molecular weight is 451 g/mol. The Morgan fingerprint density at radius 2 is 1.86 bits per heavy atom. The lowest BCUT2D eigenvalue weighted by molar-refractivity contribution is -0.133. The Kier molecular flexibility index (Phi) is 10.8. The highest BCUT2D eigenvalue weighted by Gasteiger charge is 2.22. The molecule has 0 radical (unpaired) electrons. The number of nitrogens with zero attached hydrogens (tertiary/aromatic N) is 4. The molecular weight excluding hydrogens is 425 g/mol. The summed E-state index contributed by atoms with van der Waals surface area (Å²) in [5.41, 5.74) is 0.876. The number of amides is 1. The van der Waals surface area contributed by atoms with Crippen molar-refractivity contribution >= 4 is 42.3 Å². The first-order chi connectivity index (χ1) is 12.7. The molecule has 0 saturated carbocycles. The fraction of sp³-hybridized carbons (Fsp3) is 0.500. The molecule has 1 aliphatic rings. The van der Waals surface area contributed by atoms with E-state index in [1.165, 1.54) is 0 Å². The average Bonchev–Trinajstić information content (AvgIpc) is 3.11. The molecule has 1 N–H and O–H groups in total. The molecule has 1 saturated heterocycles. The zero-order chi connectivity index (χ0) is 18.4. The van der Waals surface area contributed by atoms with Crippen LogP contribution in [0.5, 0.6) is 0 Å². The summed E-state index contributed by atoms with van der Waals surface area (Å²) in [4.78, 5) is 20.8. The smallest absolute Gasteiger partial charge is 0.241 e. The lowest BCUT2D eigenvalue weighted by atomic mass is 10.2. The largest absolute Gasteiger partial charge is 0.340 e. The van der Waals surface area contributed by atoms with Crippen LogP contribution in [0, 0.1) is 0 Å². The van der Waals surface area contributed by atoms with Crippen LogP contribution in [0.3, 0.4) is 0 Å². The number of piperazine rings is 1. The highest BCUT2D eigenvalue weighted by Crippen LogP contribution is 2.19. The number of rotatable bonds is 7. The SMILES string of the molecule is CNCCCC(=O)N1CCN(Cc2nc(-c3ccc(Cl)cc3)no2)CC1.Cl.Cl. The molecule has 2 heterocycles. The Balaban J connectivity index is 0.00000196. The normalized spacial score (nSPS) is 14.3. The van der Waals surface area contributed by atoms with Gasteiger partial charge in [0.2, 0.25) is 17.6 Å². The van der Waals surface area contributed by atoms with E-state index in [1.54, 1.807) is 12.1 Å². The van der Waals surface area contributed by atoms with Gasteiger partial charge in [-0.2, -0.15) is 4.98 Å². The molecule has 2 aromatic rings. The summed E-state index contributed by atoms with van der Waals surface area (Å²) in [6.07, 6.45) is 1.49. The second kappa shape index (κ2) is 12.2. The maximum atomic E-state index is 12.2. The van der Waals surface area contributed by atoms with Gasteiger partial charge in [0.15, 0.2) is 0 Å². The fourth-order valence-electron chi connectivity index (χ4n) is 2.96. The van der Waals surface area contributed by atoms with Crippen LogP contribution < -0.4 is 5.32 Å². The predicted octanol–water partition coefficient (Wildman–Crippen LogP) is 2.88. The maximum Gasteiger partial charge on any atom is 0.241 e. The van der Waals surface area contributed by atoms with Gasteiger partial charge in [-0.05, 0) is 44.3 Å². The van der Waals surface area contributed by atoms with E-state index in [-0.39, 0.29) is 30.7 Å². The first-order valence-corrected chi connectivity index (χ1v) is 9.27. The molecule has 7 nitrogen and oxygen atoms in total. The van der Waals surface area contributed by atoms with E-state index in [0.29, 0.717) is 29.7 Å². The number of carbonyl (C=O) groups is 1. The highest BCUT2D eigenvalue weighted by molar-refractivity contribution is 6.30. The quantitative estimate of drug-likeness (QED) is 0.654. The molecule has 156 valence electrons. The molecule has 1 aromatic carbocycles. The zero-order valence-electron chi connectivity index (χ0n) is 15.8. The van der Waals surface area contributed by atoms with Crippen LogP contribution in [0.4, 0.5) is 0 Å². The number of nitrogens with one attached hydrogen (secondary N) is 1. The second-order valence-corrected chi connectivity index (χ2v) is 6.82. The summed E-state index contributed by atoms with van der Waals surface area (Å²) >= 11 is 5.90. The predicted molar refractivity (Wildman–Crippen MR) is 114 cm³/mol. The van der Waals surface area contributed by atoms with Gasteiger partial charge in [0.25, 0.3) is 0 Å². The second-order valence-electron chi connectivity index (χ2n) is 6.38. The number of benzene rings is 1. The van der Waals surface area contributed by atoms with Crippen molar-refractivity contribution in [3.8, 4) is 11.4 Å². The molecular formula is C18H26Cl3N5O2. The van der Waals surface area contributed by atoms with E-state index in [9.17, 15) is 4.79 Å². The van der Waals surface area contributed by atoms with Crippen LogP contribution in [-0.2, 0) is 11.3 Å². The van der Waals surface area contributed by atoms with Gasteiger partial charge >= 0.3 is 0 Å². The van der Waals surface area contributed by atoms with Crippen LogP contribution in [-0.4, -0.2) is 65.6 Å². The molecule has 3 rings (SSSR count). The van der Waals surface area contributed by atoms with Crippen LogP contribution in [0.1, 0.15) is 18.7 Å². The van der Waals surface area contributed by atoms with E-state index < -0.39 is 0 Å². The molecule has 1 aliphatic heterocycles. The Morgan fingerprint density at radius 1 is 1.18 bits per heavy atom. The summed E-state index contributed by atoms with van der Waals surface area (Å²) in [5.74, 6) is 1.39. The summed E-state index contributed by atoms with van der Waals surface area (Å²) in [6, 6.07) is 7.35. The maximum absolute atomic E-state index is 12.2. The number of carbonyl (C=O) groups excluding carboxylic acids is 1. The molecule has 0 aliphatic carbocycles. The number of aromatic nitrogens is 2. The van der Waals surface area contributed by atoms with E-state index in [0.717, 1.165) is 44.7 Å². The molecule has 0 bridgehead atoms. The van der Waals surface area contributed by atoms with E-state index in [4.69, 9.17) is 16.1 Å². The number of halogens is 3. The summed E-state index contributed by atoms with van der Waals surface area (Å²) in [6.45, 7) is 4.60. The van der Waals surface area contributed by atoms with Crippen molar-refractivity contribution in [2.24, 2.45) is 0 Å². The van der Waals surface area contributed by atoms with Crippen LogP contribution >= 0.6 is 36.4 Å². The topological polar surface area (TPSA) is 74.5 Å².